The van der Waals surface area contributed by atoms with Crippen molar-refractivity contribution in [2.45, 2.75) is 19.4 Å². The van der Waals surface area contributed by atoms with Crippen molar-refractivity contribution < 1.29 is 19.4 Å². The minimum absolute atomic E-state index is 0.0829. The van der Waals surface area contributed by atoms with E-state index in [0.717, 1.165) is 5.56 Å². The zero-order valence-corrected chi connectivity index (χ0v) is 9.11. The predicted molar refractivity (Wildman–Crippen MR) is 56.8 cm³/mol. The Morgan fingerprint density at radius 2 is 2.19 bits per heavy atom. The summed E-state index contributed by atoms with van der Waals surface area (Å²) in [6.45, 7) is 1.81. The van der Waals surface area contributed by atoms with Gasteiger partial charge in [0, 0.05) is 19.1 Å². The van der Waals surface area contributed by atoms with Gasteiger partial charge in [-0.2, -0.15) is 0 Å². The third-order valence-electron chi connectivity index (χ3n) is 2.82. The van der Waals surface area contributed by atoms with Crippen molar-refractivity contribution in [3.63, 3.8) is 0 Å². The first-order valence-electron chi connectivity index (χ1n) is 4.98. The van der Waals surface area contributed by atoms with Crippen molar-refractivity contribution in [2.24, 2.45) is 0 Å². The molecular formula is C12H12O4. The highest BCUT2D eigenvalue weighted by Gasteiger charge is 2.33. The molecule has 0 bridgehead atoms. The second-order valence-electron chi connectivity index (χ2n) is 3.93. The number of rotatable bonds is 2. The number of fused-ring (bicyclic) bond motifs is 1. The van der Waals surface area contributed by atoms with Crippen molar-refractivity contribution in [3.8, 4) is 0 Å². The van der Waals surface area contributed by atoms with E-state index in [-0.39, 0.29) is 23.9 Å². The molecule has 1 atom stereocenters. The molecule has 0 saturated heterocycles. The van der Waals surface area contributed by atoms with E-state index in [9.17, 15) is 9.59 Å². The van der Waals surface area contributed by atoms with Gasteiger partial charge in [-0.1, -0.05) is 6.07 Å². The Morgan fingerprint density at radius 1 is 1.50 bits per heavy atom. The largest absolute Gasteiger partial charge is 0.478 e. The minimum atomic E-state index is -1.06. The summed E-state index contributed by atoms with van der Waals surface area (Å²) in [5.41, 5.74) is 1.92. The number of methoxy groups -OCH3 is 1. The Hall–Kier alpha value is -1.68. The van der Waals surface area contributed by atoms with Crippen LogP contribution in [-0.2, 0) is 4.74 Å². The molecule has 1 aliphatic carbocycles. The summed E-state index contributed by atoms with van der Waals surface area (Å²) in [5, 5.41) is 9.06. The molecule has 0 fully saturated rings. The molecule has 1 unspecified atom stereocenters. The topological polar surface area (TPSA) is 63.6 Å². The number of hydrogen-bond acceptors (Lipinski definition) is 3. The highest BCUT2D eigenvalue weighted by molar-refractivity contribution is 6.09. The van der Waals surface area contributed by atoms with Gasteiger partial charge in [-0.25, -0.2) is 4.79 Å². The van der Waals surface area contributed by atoms with E-state index in [0.29, 0.717) is 11.1 Å². The Morgan fingerprint density at radius 3 is 2.75 bits per heavy atom. The first kappa shape index (κ1) is 10.8. The van der Waals surface area contributed by atoms with Crippen LogP contribution < -0.4 is 0 Å². The molecule has 0 saturated carbocycles. The standard InChI is InChI=1S/C12H12O4/c1-6-3-7-10(16-2)5-9(13)11(7)8(4-6)12(14)15/h3-4,10H,5H2,1-2H3,(H,14,15). The summed E-state index contributed by atoms with van der Waals surface area (Å²) < 4.78 is 5.18. The highest BCUT2D eigenvalue weighted by atomic mass is 16.5. The molecular weight excluding hydrogens is 208 g/mol. The molecule has 0 aromatic heterocycles. The average molecular weight is 220 g/mol. The van der Waals surface area contributed by atoms with Gasteiger partial charge in [-0.3, -0.25) is 4.79 Å². The number of benzene rings is 1. The van der Waals surface area contributed by atoms with Crippen LogP contribution in [0.1, 0.15) is 44.4 Å². The Kier molecular flexibility index (Phi) is 2.52. The van der Waals surface area contributed by atoms with Crippen LogP contribution >= 0.6 is 0 Å². The van der Waals surface area contributed by atoms with E-state index in [4.69, 9.17) is 9.84 Å². The van der Waals surface area contributed by atoms with Gasteiger partial charge in [0.2, 0.25) is 0 Å². The number of carbonyl (C=O) groups is 2. The summed E-state index contributed by atoms with van der Waals surface area (Å²) in [6, 6.07) is 3.35. The molecule has 1 N–H and O–H groups in total. The lowest BCUT2D eigenvalue weighted by molar-refractivity contribution is 0.0691. The zero-order chi connectivity index (χ0) is 11.9. The number of carboxylic acid groups (broad SMARTS) is 1. The molecule has 0 heterocycles. The van der Waals surface area contributed by atoms with Crippen molar-refractivity contribution in [1.29, 1.82) is 0 Å². The van der Waals surface area contributed by atoms with Crippen molar-refractivity contribution >= 4 is 11.8 Å². The van der Waals surface area contributed by atoms with Crippen LogP contribution in [0.3, 0.4) is 0 Å². The number of ketones is 1. The lowest BCUT2D eigenvalue weighted by Crippen LogP contribution is -2.06. The number of aromatic carboxylic acids is 1. The average Bonchev–Trinajstić information content (AvgIpc) is 2.54. The number of aryl methyl sites for hydroxylation is 1. The SMILES string of the molecule is COC1CC(=O)c2c(C(=O)O)cc(C)cc21. The molecule has 1 aromatic rings. The van der Waals surface area contributed by atoms with E-state index in [2.05, 4.69) is 0 Å². The molecule has 0 radical (unpaired) electrons. The molecule has 16 heavy (non-hydrogen) atoms. The van der Waals surface area contributed by atoms with Gasteiger partial charge >= 0.3 is 5.97 Å². The fourth-order valence-electron chi connectivity index (χ4n) is 2.14. The predicted octanol–water partition coefficient (Wildman–Crippen LogP) is 1.97. The lowest BCUT2D eigenvalue weighted by Gasteiger charge is -2.10. The summed E-state index contributed by atoms with van der Waals surface area (Å²) >= 11 is 0. The third kappa shape index (κ3) is 1.51. The Labute approximate surface area is 92.8 Å². The van der Waals surface area contributed by atoms with Crippen molar-refractivity contribution in [2.75, 3.05) is 7.11 Å². The van der Waals surface area contributed by atoms with Crippen LogP contribution in [0.25, 0.3) is 0 Å². The van der Waals surface area contributed by atoms with Crippen LogP contribution in [-0.4, -0.2) is 24.0 Å². The molecule has 4 nitrogen and oxygen atoms in total. The van der Waals surface area contributed by atoms with Crippen LogP contribution in [0.5, 0.6) is 0 Å². The first-order valence-corrected chi connectivity index (χ1v) is 4.98. The third-order valence-corrected chi connectivity index (χ3v) is 2.82. The van der Waals surface area contributed by atoms with Crippen molar-refractivity contribution in [1.82, 2.24) is 0 Å². The molecule has 0 aliphatic heterocycles. The van der Waals surface area contributed by atoms with E-state index in [1.54, 1.807) is 0 Å². The second kappa shape index (κ2) is 3.72. The Balaban J connectivity index is 2.68. The molecule has 84 valence electrons. The van der Waals surface area contributed by atoms with Gasteiger partial charge in [0.15, 0.2) is 5.78 Å². The van der Waals surface area contributed by atoms with Gasteiger partial charge in [0.1, 0.15) is 0 Å². The maximum Gasteiger partial charge on any atom is 0.336 e. The first-order chi connectivity index (χ1) is 7.54. The van der Waals surface area contributed by atoms with E-state index < -0.39 is 5.97 Å². The van der Waals surface area contributed by atoms with Crippen LogP contribution in [0.15, 0.2) is 12.1 Å². The van der Waals surface area contributed by atoms with Crippen LogP contribution in [0.4, 0.5) is 0 Å². The second-order valence-corrected chi connectivity index (χ2v) is 3.93. The van der Waals surface area contributed by atoms with Crippen LogP contribution in [0.2, 0.25) is 0 Å². The smallest absolute Gasteiger partial charge is 0.336 e. The van der Waals surface area contributed by atoms with Crippen LogP contribution in [0, 0.1) is 6.92 Å². The monoisotopic (exact) mass is 220 g/mol. The summed E-state index contributed by atoms with van der Waals surface area (Å²) in [7, 11) is 1.52. The number of ether oxygens (including phenoxy) is 1. The van der Waals surface area contributed by atoms with E-state index in [1.165, 1.54) is 13.2 Å². The van der Waals surface area contributed by atoms with Gasteiger partial charge in [0.05, 0.1) is 11.7 Å². The normalized spacial score (nSPS) is 18.6. The van der Waals surface area contributed by atoms with Gasteiger partial charge in [-0.15, -0.1) is 0 Å². The molecule has 0 spiro atoms. The lowest BCUT2D eigenvalue weighted by atomic mass is 9.99. The summed E-state index contributed by atoms with van der Waals surface area (Å²) in [5.74, 6) is -1.22. The Bertz CT molecular complexity index is 476. The zero-order valence-electron chi connectivity index (χ0n) is 9.11. The fraction of sp³-hybridized carbons (Fsp3) is 0.333. The highest BCUT2D eigenvalue weighted by Crippen LogP contribution is 2.36. The number of carboxylic acids is 1. The van der Waals surface area contributed by atoms with Gasteiger partial charge < -0.3 is 9.84 Å². The maximum absolute atomic E-state index is 11.7. The van der Waals surface area contributed by atoms with Gasteiger partial charge in [0.25, 0.3) is 0 Å². The maximum atomic E-state index is 11.7. The number of hydrogen-bond donors (Lipinski definition) is 1. The minimum Gasteiger partial charge on any atom is -0.478 e. The molecule has 2 rings (SSSR count). The van der Waals surface area contributed by atoms with Gasteiger partial charge in [-0.05, 0) is 24.1 Å². The fourth-order valence-corrected chi connectivity index (χ4v) is 2.14. The van der Waals surface area contributed by atoms with E-state index in [1.807, 2.05) is 13.0 Å². The molecule has 4 heteroatoms. The molecule has 0 amide bonds. The number of carbonyl (C=O) groups excluding carboxylic acids is 1. The molecule has 1 aromatic carbocycles. The molecule has 1 aliphatic rings. The quantitative estimate of drug-likeness (QED) is 0.827. The summed E-state index contributed by atoms with van der Waals surface area (Å²) in [4.78, 5) is 22.8. The number of Topliss-reactive ketones (excluding diaryl/α,β-unsaturated/α-hetero) is 1. The summed E-state index contributed by atoms with van der Waals surface area (Å²) in [6.07, 6.45) is -0.0734. The van der Waals surface area contributed by atoms with Crippen molar-refractivity contribution in [3.05, 3.63) is 34.4 Å². The van der Waals surface area contributed by atoms with E-state index >= 15 is 0 Å².